The molecule has 1 aromatic heterocycles. The first-order valence-electron chi connectivity index (χ1n) is 6.41. The fourth-order valence-corrected chi connectivity index (χ4v) is 2.14. The van der Waals surface area contributed by atoms with Crippen molar-refractivity contribution in [1.29, 1.82) is 0 Å². The summed E-state index contributed by atoms with van der Waals surface area (Å²) in [5.74, 6) is 0.864. The summed E-state index contributed by atoms with van der Waals surface area (Å²) in [7, 11) is 0. The molecule has 0 aromatic carbocycles. The zero-order chi connectivity index (χ0) is 13.0. The highest BCUT2D eigenvalue weighted by atomic mass is 16.3. The van der Waals surface area contributed by atoms with Crippen LogP contribution in [-0.2, 0) is 6.42 Å². The maximum atomic E-state index is 12.2. The number of carbonyl (C=O) groups is 1. The number of aliphatic hydroxyl groups is 1. The Hall–Kier alpha value is -1.40. The van der Waals surface area contributed by atoms with Gasteiger partial charge in [-0.05, 0) is 0 Å². The second-order valence-corrected chi connectivity index (χ2v) is 4.45. The Morgan fingerprint density at radius 1 is 1.44 bits per heavy atom. The van der Waals surface area contributed by atoms with Gasteiger partial charge in [0.25, 0.3) is 5.91 Å². The zero-order valence-corrected chi connectivity index (χ0v) is 10.7. The van der Waals surface area contributed by atoms with E-state index in [9.17, 15) is 4.79 Å². The van der Waals surface area contributed by atoms with Crippen molar-refractivity contribution in [2.45, 2.75) is 13.3 Å². The summed E-state index contributed by atoms with van der Waals surface area (Å²) in [5.41, 5.74) is 0.572. The Balaban J connectivity index is 1.91. The molecule has 0 aliphatic carbocycles. The largest absolute Gasteiger partial charge is 0.395 e. The number of nitrogens with zero attached hydrogens (tertiary/aromatic N) is 3. The average Bonchev–Trinajstić information content (AvgIpc) is 2.88. The third-order valence-corrected chi connectivity index (χ3v) is 3.27. The summed E-state index contributed by atoms with van der Waals surface area (Å²) in [5, 5.41) is 8.87. The van der Waals surface area contributed by atoms with Crippen LogP contribution in [0.5, 0.6) is 0 Å². The highest BCUT2D eigenvalue weighted by molar-refractivity contribution is 5.92. The Morgan fingerprint density at radius 3 is 2.72 bits per heavy atom. The van der Waals surface area contributed by atoms with E-state index in [1.807, 2.05) is 11.8 Å². The lowest BCUT2D eigenvalue weighted by Crippen LogP contribution is -2.49. The molecule has 1 aromatic rings. The second-order valence-electron chi connectivity index (χ2n) is 4.45. The molecule has 1 aliphatic rings. The Labute approximate surface area is 107 Å². The predicted octanol–water partition coefficient (Wildman–Crippen LogP) is -0.278. The molecule has 0 spiro atoms. The minimum absolute atomic E-state index is 0.0193. The number of amides is 1. The molecule has 1 aliphatic heterocycles. The number of rotatable bonds is 4. The molecule has 0 atom stereocenters. The molecule has 6 nitrogen and oxygen atoms in total. The fraction of sp³-hybridized carbons (Fsp3) is 0.667. The number of nitrogens with one attached hydrogen (secondary N) is 1. The van der Waals surface area contributed by atoms with Crippen molar-refractivity contribution >= 4 is 5.91 Å². The van der Waals surface area contributed by atoms with Crippen molar-refractivity contribution in [3.8, 4) is 0 Å². The minimum Gasteiger partial charge on any atom is -0.395 e. The van der Waals surface area contributed by atoms with Crippen LogP contribution < -0.4 is 0 Å². The molecule has 0 radical (unpaired) electrons. The van der Waals surface area contributed by atoms with Gasteiger partial charge in [-0.3, -0.25) is 9.69 Å². The molecule has 100 valence electrons. The van der Waals surface area contributed by atoms with Crippen molar-refractivity contribution in [2.24, 2.45) is 0 Å². The van der Waals surface area contributed by atoms with Crippen molar-refractivity contribution in [3.63, 3.8) is 0 Å². The van der Waals surface area contributed by atoms with E-state index in [1.165, 1.54) is 0 Å². The lowest BCUT2D eigenvalue weighted by molar-refractivity contribution is 0.0610. The lowest BCUT2D eigenvalue weighted by atomic mass is 10.3. The van der Waals surface area contributed by atoms with Crippen molar-refractivity contribution in [3.05, 3.63) is 17.7 Å². The Bertz CT molecular complexity index is 397. The van der Waals surface area contributed by atoms with Crippen LogP contribution in [0.15, 0.2) is 6.20 Å². The van der Waals surface area contributed by atoms with Crippen molar-refractivity contribution < 1.29 is 9.90 Å². The van der Waals surface area contributed by atoms with Crippen LogP contribution >= 0.6 is 0 Å². The molecule has 2 rings (SSSR count). The summed E-state index contributed by atoms with van der Waals surface area (Å²) in [4.78, 5) is 23.4. The second kappa shape index (κ2) is 5.97. The maximum absolute atomic E-state index is 12.2. The number of aliphatic hydroxyl groups excluding tert-OH is 1. The summed E-state index contributed by atoms with van der Waals surface area (Å²) in [6.45, 7) is 5.92. The lowest BCUT2D eigenvalue weighted by Gasteiger charge is -2.34. The molecular formula is C12H20N4O2. The van der Waals surface area contributed by atoms with E-state index in [0.29, 0.717) is 25.3 Å². The zero-order valence-electron chi connectivity index (χ0n) is 10.7. The van der Waals surface area contributed by atoms with Crippen LogP contribution in [0.25, 0.3) is 0 Å². The number of aromatic amines is 1. The number of carbonyl (C=O) groups excluding carboxylic acids is 1. The van der Waals surface area contributed by atoms with Crippen LogP contribution in [0.2, 0.25) is 0 Å². The maximum Gasteiger partial charge on any atom is 0.272 e. The molecule has 1 fully saturated rings. The van der Waals surface area contributed by atoms with Crippen LogP contribution in [0.4, 0.5) is 0 Å². The Kier molecular flexibility index (Phi) is 4.33. The van der Waals surface area contributed by atoms with E-state index >= 15 is 0 Å². The van der Waals surface area contributed by atoms with E-state index in [1.54, 1.807) is 6.20 Å². The molecule has 0 saturated carbocycles. The molecule has 1 saturated heterocycles. The van der Waals surface area contributed by atoms with Crippen LogP contribution in [0.3, 0.4) is 0 Å². The molecule has 2 N–H and O–H groups in total. The number of hydrogen-bond acceptors (Lipinski definition) is 4. The average molecular weight is 252 g/mol. The van der Waals surface area contributed by atoms with Gasteiger partial charge in [0.15, 0.2) is 0 Å². The topological polar surface area (TPSA) is 72.5 Å². The highest BCUT2D eigenvalue weighted by Crippen LogP contribution is 2.07. The first-order chi connectivity index (χ1) is 8.74. The third kappa shape index (κ3) is 2.88. The van der Waals surface area contributed by atoms with Crippen molar-refractivity contribution in [1.82, 2.24) is 19.8 Å². The summed E-state index contributed by atoms with van der Waals surface area (Å²) >= 11 is 0. The summed E-state index contributed by atoms with van der Waals surface area (Å²) in [6, 6.07) is 0. The molecule has 6 heteroatoms. The third-order valence-electron chi connectivity index (χ3n) is 3.27. The van der Waals surface area contributed by atoms with E-state index in [0.717, 1.165) is 25.3 Å². The van der Waals surface area contributed by atoms with Gasteiger partial charge < -0.3 is 15.0 Å². The standard InChI is InChI=1S/C12H20N4O2/c1-2-11-13-9-10(14-11)12(18)16-5-3-15(4-6-16)7-8-17/h9,17H,2-8H2,1H3,(H,13,14). The van der Waals surface area contributed by atoms with Gasteiger partial charge in [0, 0.05) is 39.1 Å². The van der Waals surface area contributed by atoms with Crippen LogP contribution in [0.1, 0.15) is 23.2 Å². The van der Waals surface area contributed by atoms with Crippen molar-refractivity contribution in [2.75, 3.05) is 39.3 Å². The van der Waals surface area contributed by atoms with Gasteiger partial charge in [-0.15, -0.1) is 0 Å². The van der Waals surface area contributed by atoms with Crippen LogP contribution in [0, 0.1) is 0 Å². The smallest absolute Gasteiger partial charge is 0.272 e. The number of aryl methyl sites for hydroxylation is 1. The number of piperazine rings is 1. The summed E-state index contributed by atoms with van der Waals surface area (Å²) in [6.07, 6.45) is 2.42. The van der Waals surface area contributed by atoms with Gasteiger partial charge >= 0.3 is 0 Å². The highest BCUT2D eigenvalue weighted by Gasteiger charge is 2.22. The molecule has 1 amide bonds. The Morgan fingerprint density at radius 2 is 2.17 bits per heavy atom. The molecular weight excluding hydrogens is 232 g/mol. The quantitative estimate of drug-likeness (QED) is 0.773. The molecule has 0 bridgehead atoms. The number of aromatic nitrogens is 2. The van der Waals surface area contributed by atoms with E-state index < -0.39 is 0 Å². The van der Waals surface area contributed by atoms with Gasteiger partial charge in [0.2, 0.25) is 0 Å². The molecule has 0 unspecified atom stereocenters. The van der Waals surface area contributed by atoms with Gasteiger partial charge in [-0.1, -0.05) is 6.92 Å². The monoisotopic (exact) mass is 252 g/mol. The van der Waals surface area contributed by atoms with Crippen LogP contribution in [-0.4, -0.2) is 70.1 Å². The number of β-amino-alcohol motifs (C(OH)–C–C–N with tert-alkyl or cyclic N) is 1. The minimum atomic E-state index is 0.0193. The SMILES string of the molecule is CCc1ncc(C(=O)N2CCN(CCO)CC2)[nH]1. The fourth-order valence-electron chi connectivity index (χ4n) is 2.14. The van der Waals surface area contributed by atoms with E-state index in [2.05, 4.69) is 14.9 Å². The number of imidazole rings is 1. The van der Waals surface area contributed by atoms with Gasteiger partial charge in [0.1, 0.15) is 11.5 Å². The number of hydrogen-bond donors (Lipinski definition) is 2. The normalized spacial score (nSPS) is 17.1. The van der Waals surface area contributed by atoms with E-state index in [-0.39, 0.29) is 12.5 Å². The summed E-state index contributed by atoms with van der Waals surface area (Å²) < 4.78 is 0. The van der Waals surface area contributed by atoms with E-state index in [4.69, 9.17) is 5.11 Å². The van der Waals surface area contributed by atoms with Gasteiger partial charge in [-0.25, -0.2) is 4.98 Å². The predicted molar refractivity (Wildman–Crippen MR) is 67.4 cm³/mol. The first kappa shape index (κ1) is 13.0. The molecule has 18 heavy (non-hydrogen) atoms. The van der Waals surface area contributed by atoms with Gasteiger partial charge in [0.05, 0.1) is 12.8 Å². The number of H-pyrrole nitrogens is 1. The van der Waals surface area contributed by atoms with Gasteiger partial charge in [-0.2, -0.15) is 0 Å². The molecule has 2 heterocycles. The first-order valence-corrected chi connectivity index (χ1v) is 6.41.